The van der Waals surface area contributed by atoms with Crippen LogP contribution in [-0.2, 0) is 4.79 Å². The van der Waals surface area contributed by atoms with Crippen molar-refractivity contribution < 1.29 is 4.79 Å². The highest BCUT2D eigenvalue weighted by Crippen LogP contribution is 2.31. The molecule has 0 unspecified atom stereocenters. The third-order valence-corrected chi connectivity index (χ3v) is 3.40. The molecule has 2 N–H and O–H groups in total. The van der Waals surface area contributed by atoms with E-state index in [1.165, 1.54) is 11.5 Å². The Morgan fingerprint density at radius 3 is 2.64 bits per heavy atom. The number of rotatable bonds is 0. The Balaban J connectivity index is 2.03. The maximum atomic E-state index is 10.9. The van der Waals surface area contributed by atoms with Gasteiger partial charge in [-0.2, -0.15) is 11.8 Å². The standard InChI is InChI=1S/C7H12N2OS/c10-6-5-7(9-8-6)1-3-11-4-2-7/h9H,1-5H2,(H,8,10). The molecule has 0 saturated carbocycles. The second kappa shape index (κ2) is 2.68. The van der Waals surface area contributed by atoms with Crippen molar-refractivity contribution in [1.82, 2.24) is 10.9 Å². The summed E-state index contributed by atoms with van der Waals surface area (Å²) in [6.07, 6.45) is 2.92. The first-order chi connectivity index (χ1) is 5.31. The van der Waals surface area contributed by atoms with E-state index in [0.717, 1.165) is 12.8 Å². The summed E-state index contributed by atoms with van der Waals surface area (Å²) in [5, 5.41) is 0. The number of thioether (sulfide) groups is 1. The van der Waals surface area contributed by atoms with Gasteiger partial charge in [0.15, 0.2) is 0 Å². The van der Waals surface area contributed by atoms with Gasteiger partial charge in [-0.3, -0.25) is 10.2 Å². The van der Waals surface area contributed by atoms with Crippen molar-refractivity contribution in [1.29, 1.82) is 0 Å². The van der Waals surface area contributed by atoms with Gasteiger partial charge in [0.1, 0.15) is 0 Å². The fourth-order valence-electron chi connectivity index (χ4n) is 1.66. The van der Waals surface area contributed by atoms with Gasteiger partial charge in [0.05, 0.1) is 0 Å². The predicted octanol–water partition coefficient (Wildman–Crippen LogP) is 0.277. The number of carbonyl (C=O) groups excluding carboxylic acids is 1. The number of amides is 1. The molecule has 0 aromatic rings. The van der Waals surface area contributed by atoms with E-state index in [1.807, 2.05) is 11.8 Å². The van der Waals surface area contributed by atoms with E-state index < -0.39 is 0 Å². The lowest BCUT2D eigenvalue weighted by Gasteiger charge is -2.31. The Morgan fingerprint density at radius 2 is 2.09 bits per heavy atom. The van der Waals surface area contributed by atoms with Crippen LogP contribution in [0.15, 0.2) is 0 Å². The zero-order valence-electron chi connectivity index (χ0n) is 6.35. The smallest absolute Gasteiger partial charge is 0.236 e. The molecular formula is C7H12N2OS. The lowest BCUT2D eigenvalue weighted by atomic mass is 9.91. The molecule has 0 aliphatic carbocycles. The summed E-state index contributed by atoms with van der Waals surface area (Å²) in [6, 6.07) is 0. The highest BCUT2D eigenvalue weighted by atomic mass is 32.2. The molecule has 2 rings (SSSR count). The van der Waals surface area contributed by atoms with Crippen molar-refractivity contribution in [3.63, 3.8) is 0 Å². The quantitative estimate of drug-likeness (QED) is 0.551. The molecule has 2 saturated heterocycles. The number of carbonyl (C=O) groups is 1. The summed E-state index contributed by atoms with van der Waals surface area (Å²) in [7, 11) is 0. The van der Waals surface area contributed by atoms with Crippen molar-refractivity contribution in [2.45, 2.75) is 24.8 Å². The van der Waals surface area contributed by atoms with Crippen LogP contribution in [0.3, 0.4) is 0 Å². The Morgan fingerprint density at radius 1 is 1.36 bits per heavy atom. The highest BCUT2D eigenvalue weighted by Gasteiger charge is 2.38. The van der Waals surface area contributed by atoms with Crippen LogP contribution in [0, 0.1) is 0 Å². The molecule has 2 aliphatic rings. The summed E-state index contributed by atoms with van der Waals surface area (Å²) >= 11 is 1.98. The Bertz CT molecular complexity index is 177. The van der Waals surface area contributed by atoms with Crippen LogP contribution < -0.4 is 10.9 Å². The molecule has 4 heteroatoms. The lowest BCUT2D eigenvalue weighted by molar-refractivity contribution is -0.119. The molecule has 3 nitrogen and oxygen atoms in total. The van der Waals surface area contributed by atoms with Crippen LogP contribution in [0.2, 0.25) is 0 Å². The van der Waals surface area contributed by atoms with Gasteiger partial charge in [0.2, 0.25) is 5.91 Å². The summed E-state index contributed by atoms with van der Waals surface area (Å²) < 4.78 is 0. The molecule has 0 aromatic carbocycles. The largest absolute Gasteiger partial charge is 0.291 e. The van der Waals surface area contributed by atoms with Crippen LogP contribution in [-0.4, -0.2) is 23.0 Å². The van der Waals surface area contributed by atoms with Gasteiger partial charge in [0, 0.05) is 12.0 Å². The van der Waals surface area contributed by atoms with Gasteiger partial charge >= 0.3 is 0 Å². The van der Waals surface area contributed by atoms with E-state index in [0.29, 0.717) is 6.42 Å². The van der Waals surface area contributed by atoms with Crippen LogP contribution in [0.25, 0.3) is 0 Å². The molecule has 2 heterocycles. The molecule has 0 bridgehead atoms. The van der Waals surface area contributed by atoms with Gasteiger partial charge in [-0.25, -0.2) is 5.43 Å². The Hall–Kier alpha value is -0.220. The molecule has 2 aliphatic heterocycles. The molecule has 1 spiro atoms. The Labute approximate surface area is 70.3 Å². The van der Waals surface area contributed by atoms with E-state index in [4.69, 9.17) is 0 Å². The zero-order valence-corrected chi connectivity index (χ0v) is 7.17. The van der Waals surface area contributed by atoms with E-state index in [1.54, 1.807) is 0 Å². The average Bonchev–Trinajstić information content (AvgIpc) is 2.34. The zero-order chi connectivity index (χ0) is 7.73. The minimum atomic E-state index is 0.113. The molecule has 0 atom stereocenters. The van der Waals surface area contributed by atoms with Crippen LogP contribution >= 0.6 is 11.8 Å². The number of hydrogen-bond donors (Lipinski definition) is 2. The molecule has 62 valence electrons. The van der Waals surface area contributed by atoms with E-state index in [2.05, 4.69) is 10.9 Å². The first kappa shape index (κ1) is 7.43. The van der Waals surface area contributed by atoms with E-state index >= 15 is 0 Å². The van der Waals surface area contributed by atoms with Gasteiger partial charge in [-0.1, -0.05) is 0 Å². The topological polar surface area (TPSA) is 41.1 Å². The number of hydrazine groups is 1. The minimum Gasteiger partial charge on any atom is -0.291 e. The summed E-state index contributed by atoms with van der Waals surface area (Å²) in [5.41, 5.74) is 5.90. The van der Waals surface area contributed by atoms with Crippen LogP contribution in [0.5, 0.6) is 0 Å². The SMILES string of the molecule is O=C1CC2(CCSCC2)NN1. The minimum absolute atomic E-state index is 0.113. The third kappa shape index (κ3) is 1.37. The van der Waals surface area contributed by atoms with Gasteiger partial charge in [-0.15, -0.1) is 0 Å². The molecule has 0 aromatic heterocycles. The van der Waals surface area contributed by atoms with Gasteiger partial charge in [0.25, 0.3) is 0 Å². The fraction of sp³-hybridized carbons (Fsp3) is 0.857. The van der Waals surface area contributed by atoms with Crippen LogP contribution in [0.4, 0.5) is 0 Å². The monoisotopic (exact) mass is 172 g/mol. The van der Waals surface area contributed by atoms with Crippen molar-refractivity contribution in [3.8, 4) is 0 Å². The second-order valence-corrected chi connectivity index (χ2v) is 4.47. The second-order valence-electron chi connectivity index (χ2n) is 3.24. The first-order valence-corrected chi connectivity index (χ1v) is 5.10. The van der Waals surface area contributed by atoms with Crippen LogP contribution in [0.1, 0.15) is 19.3 Å². The van der Waals surface area contributed by atoms with E-state index in [9.17, 15) is 4.79 Å². The average molecular weight is 172 g/mol. The molecule has 2 fully saturated rings. The highest BCUT2D eigenvalue weighted by molar-refractivity contribution is 7.99. The normalized spacial score (nSPS) is 28.9. The lowest BCUT2D eigenvalue weighted by Crippen LogP contribution is -2.46. The van der Waals surface area contributed by atoms with Gasteiger partial charge < -0.3 is 0 Å². The maximum Gasteiger partial charge on any atom is 0.236 e. The summed E-state index contributed by atoms with van der Waals surface area (Å²) in [4.78, 5) is 10.9. The Kier molecular flexibility index (Phi) is 1.81. The third-order valence-electron chi connectivity index (χ3n) is 2.42. The van der Waals surface area contributed by atoms with Crippen molar-refractivity contribution in [2.75, 3.05) is 11.5 Å². The first-order valence-electron chi connectivity index (χ1n) is 3.95. The molecule has 0 radical (unpaired) electrons. The number of hydrogen-bond acceptors (Lipinski definition) is 3. The maximum absolute atomic E-state index is 10.9. The number of nitrogens with one attached hydrogen (secondary N) is 2. The van der Waals surface area contributed by atoms with E-state index in [-0.39, 0.29) is 11.4 Å². The molecule has 11 heavy (non-hydrogen) atoms. The summed E-state index contributed by atoms with van der Waals surface area (Å²) in [5.74, 6) is 2.51. The predicted molar refractivity (Wildman–Crippen MR) is 45.2 cm³/mol. The van der Waals surface area contributed by atoms with Crippen molar-refractivity contribution >= 4 is 17.7 Å². The van der Waals surface area contributed by atoms with Crippen molar-refractivity contribution in [3.05, 3.63) is 0 Å². The molecule has 1 amide bonds. The van der Waals surface area contributed by atoms with Crippen molar-refractivity contribution in [2.24, 2.45) is 0 Å². The molecular weight excluding hydrogens is 160 g/mol. The van der Waals surface area contributed by atoms with Gasteiger partial charge in [-0.05, 0) is 24.3 Å². The fourth-order valence-corrected chi connectivity index (χ4v) is 2.94. The summed E-state index contributed by atoms with van der Waals surface area (Å²) in [6.45, 7) is 0.